The fourth-order valence-electron chi connectivity index (χ4n) is 3.20. The molecule has 1 saturated heterocycles. The van der Waals surface area contributed by atoms with Gasteiger partial charge in [0.05, 0.1) is 17.1 Å². The maximum atomic E-state index is 12.7. The lowest BCUT2D eigenvalue weighted by molar-refractivity contribution is 0.0527. The summed E-state index contributed by atoms with van der Waals surface area (Å²) in [6.07, 6.45) is 1.73. The molecule has 9 heteroatoms. The highest BCUT2D eigenvalue weighted by atomic mass is 32.2. The maximum Gasteiger partial charge on any atom is 0.341 e. The van der Waals surface area contributed by atoms with Gasteiger partial charge in [-0.05, 0) is 63.4 Å². The highest BCUT2D eigenvalue weighted by Crippen LogP contribution is 2.33. The van der Waals surface area contributed by atoms with Crippen molar-refractivity contribution in [2.24, 2.45) is 0 Å². The maximum absolute atomic E-state index is 12.7. The molecule has 0 saturated carbocycles. The normalized spacial score (nSPS) is 14.7. The molecular formula is C20H24N2O5S2. The summed E-state index contributed by atoms with van der Waals surface area (Å²) >= 11 is 1.31. The van der Waals surface area contributed by atoms with Gasteiger partial charge in [0.2, 0.25) is 10.0 Å². The summed E-state index contributed by atoms with van der Waals surface area (Å²) in [5.41, 5.74) is 1.44. The van der Waals surface area contributed by atoms with Crippen molar-refractivity contribution in [1.29, 1.82) is 0 Å². The zero-order chi connectivity index (χ0) is 21.2. The Morgan fingerprint density at radius 1 is 1.14 bits per heavy atom. The number of esters is 1. The zero-order valence-electron chi connectivity index (χ0n) is 16.6. The van der Waals surface area contributed by atoms with E-state index in [1.54, 1.807) is 6.92 Å². The van der Waals surface area contributed by atoms with Gasteiger partial charge in [-0.15, -0.1) is 11.3 Å². The number of sulfonamides is 1. The van der Waals surface area contributed by atoms with Crippen LogP contribution in [0.1, 0.15) is 50.9 Å². The molecule has 156 valence electrons. The molecule has 1 amide bonds. The van der Waals surface area contributed by atoms with E-state index >= 15 is 0 Å². The molecule has 1 aromatic heterocycles. The minimum Gasteiger partial charge on any atom is -0.462 e. The summed E-state index contributed by atoms with van der Waals surface area (Å²) in [6, 6.07) is 5.85. The molecule has 1 aliphatic heterocycles. The van der Waals surface area contributed by atoms with E-state index in [1.165, 1.54) is 39.9 Å². The van der Waals surface area contributed by atoms with Crippen LogP contribution in [0.5, 0.6) is 0 Å². The first kappa shape index (κ1) is 21.5. The van der Waals surface area contributed by atoms with E-state index in [4.69, 9.17) is 4.74 Å². The molecule has 0 spiro atoms. The molecule has 1 N–H and O–H groups in total. The average Bonchev–Trinajstić information content (AvgIpc) is 3.32. The van der Waals surface area contributed by atoms with Gasteiger partial charge in [0.1, 0.15) is 5.00 Å². The molecule has 0 bridgehead atoms. The van der Waals surface area contributed by atoms with Gasteiger partial charge in [0.15, 0.2) is 0 Å². The lowest BCUT2D eigenvalue weighted by Crippen LogP contribution is -2.27. The van der Waals surface area contributed by atoms with Crippen molar-refractivity contribution in [3.05, 3.63) is 45.8 Å². The van der Waals surface area contributed by atoms with E-state index in [9.17, 15) is 18.0 Å². The van der Waals surface area contributed by atoms with E-state index in [0.717, 1.165) is 23.3 Å². The van der Waals surface area contributed by atoms with Crippen molar-refractivity contribution >= 4 is 38.2 Å². The molecule has 0 aliphatic carbocycles. The van der Waals surface area contributed by atoms with Crippen LogP contribution in [0, 0.1) is 13.8 Å². The summed E-state index contributed by atoms with van der Waals surface area (Å²) in [6.45, 7) is 6.70. The van der Waals surface area contributed by atoms with Crippen molar-refractivity contribution in [1.82, 2.24) is 4.31 Å². The molecule has 2 aromatic rings. The summed E-state index contributed by atoms with van der Waals surface area (Å²) in [4.78, 5) is 26.0. The number of rotatable bonds is 6. The molecule has 0 unspecified atom stereocenters. The van der Waals surface area contributed by atoms with Gasteiger partial charge in [-0.3, -0.25) is 4.79 Å². The Kier molecular flexibility index (Phi) is 6.40. The Morgan fingerprint density at radius 3 is 2.34 bits per heavy atom. The van der Waals surface area contributed by atoms with Crippen LogP contribution in [-0.2, 0) is 14.8 Å². The van der Waals surface area contributed by atoms with Gasteiger partial charge in [0, 0.05) is 23.5 Å². The SMILES string of the molecule is CCOC(=O)c1c(NC(=O)c2ccc(S(=O)(=O)N3CCCC3)cc2)sc(C)c1C. The van der Waals surface area contributed by atoms with E-state index < -0.39 is 21.9 Å². The molecule has 1 aliphatic rings. The number of aryl methyl sites for hydroxylation is 1. The highest BCUT2D eigenvalue weighted by molar-refractivity contribution is 7.89. The summed E-state index contributed by atoms with van der Waals surface area (Å²) in [5, 5.41) is 3.19. The monoisotopic (exact) mass is 436 g/mol. The molecule has 1 fully saturated rings. The van der Waals surface area contributed by atoms with Crippen molar-refractivity contribution in [3.63, 3.8) is 0 Å². The van der Waals surface area contributed by atoms with Crippen LogP contribution in [0.25, 0.3) is 0 Å². The van der Waals surface area contributed by atoms with Crippen molar-refractivity contribution in [3.8, 4) is 0 Å². The first-order valence-electron chi connectivity index (χ1n) is 9.44. The van der Waals surface area contributed by atoms with Crippen molar-refractivity contribution in [2.75, 3.05) is 25.0 Å². The van der Waals surface area contributed by atoms with Crippen molar-refractivity contribution in [2.45, 2.75) is 38.5 Å². The van der Waals surface area contributed by atoms with Gasteiger partial charge >= 0.3 is 5.97 Å². The predicted octanol–water partition coefficient (Wildman–Crippen LogP) is 3.58. The lowest BCUT2D eigenvalue weighted by atomic mass is 10.1. The topological polar surface area (TPSA) is 92.8 Å². The second-order valence-corrected chi connectivity index (χ2v) is 9.96. The van der Waals surface area contributed by atoms with E-state index in [1.807, 2.05) is 13.8 Å². The summed E-state index contributed by atoms with van der Waals surface area (Å²) in [5.74, 6) is -0.890. The number of hydrogen-bond acceptors (Lipinski definition) is 6. The van der Waals surface area contributed by atoms with E-state index in [0.29, 0.717) is 29.2 Å². The Morgan fingerprint density at radius 2 is 1.76 bits per heavy atom. The molecule has 0 radical (unpaired) electrons. The second-order valence-electron chi connectivity index (χ2n) is 6.80. The number of benzene rings is 1. The Balaban J connectivity index is 1.80. The van der Waals surface area contributed by atoms with Gasteiger partial charge in [0.25, 0.3) is 5.91 Å². The fourth-order valence-corrected chi connectivity index (χ4v) is 5.76. The number of thiophene rings is 1. The third kappa shape index (κ3) is 4.36. The molecule has 1 aromatic carbocycles. The molecule has 2 heterocycles. The fraction of sp³-hybridized carbons (Fsp3) is 0.400. The van der Waals surface area contributed by atoms with Crippen LogP contribution in [0.15, 0.2) is 29.2 Å². The number of nitrogens with zero attached hydrogens (tertiary/aromatic N) is 1. The van der Waals surface area contributed by atoms with Gasteiger partial charge in [-0.2, -0.15) is 4.31 Å². The summed E-state index contributed by atoms with van der Waals surface area (Å²) in [7, 11) is -3.52. The van der Waals surface area contributed by atoms with E-state index in [2.05, 4.69) is 5.32 Å². The second kappa shape index (κ2) is 8.64. The minimum absolute atomic E-state index is 0.172. The number of anilines is 1. The van der Waals surface area contributed by atoms with Crippen LogP contribution in [-0.4, -0.2) is 44.3 Å². The van der Waals surface area contributed by atoms with Crippen LogP contribution in [0.4, 0.5) is 5.00 Å². The van der Waals surface area contributed by atoms with Crippen LogP contribution in [0.2, 0.25) is 0 Å². The third-order valence-electron chi connectivity index (χ3n) is 4.91. The molecular weight excluding hydrogens is 412 g/mol. The number of nitrogens with one attached hydrogen (secondary N) is 1. The summed E-state index contributed by atoms with van der Waals surface area (Å²) < 4.78 is 31.8. The van der Waals surface area contributed by atoms with Crippen LogP contribution < -0.4 is 5.32 Å². The van der Waals surface area contributed by atoms with Crippen molar-refractivity contribution < 1.29 is 22.7 Å². The Bertz CT molecular complexity index is 1020. The number of ether oxygens (including phenoxy) is 1. The smallest absolute Gasteiger partial charge is 0.341 e. The first-order valence-corrected chi connectivity index (χ1v) is 11.7. The average molecular weight is 437 g/mol. The standard InChI is InChI=1S/C20H24N2O5S2/c1-4-27-20(24)17-13(2)14(3)28-19(17)21-18(23)15-7-9-16(10-8-15)29(25,26)22-11-5-6-12-22/h7-10H,4-6,11-12H2,1-3H3,(H,21,23). The molecule has 3 rings (SSSR count). The zero-order valence-corrected chi connectivity index (χ0v) is 18.3. The van der Waals surface area contributed by atoms with Gasteiger partial charge in [-0.25, -0.2) is 13.2 Å². The van der Waals surface area contributed by atoms with Gasteiger partial charge < -0.3 is 10.1 Å². The number of hydrogen-bond donors (Lipinski definition) is 1. The lowest BCUT2D eigenvalue weighted by Gasteiger charge is -2.15. The third-order valence-corrected chi connectivity index (χ3v) is 7.95. The van der Waals surface area contributed by atoms with E-state index in [-0.39, 0.29) is 11.5 Å². The molecule has 29 heavy (non-hydrogen) atoms. The molecule has 7 nitrogen and oxygen atoms in total. The minimum atomic E-state index is -3.52. The van der Waals surface area contributed by atoms with Crippen LogP contribution >= 0.6 is 11.3 Å². The first-order chi connectivity index (χ1) is 13.8. The number of carbonyl (C=O) groups is 2. The highest BCUT2D eigenvalue weighted by Gasteiger charge is 2.27. The van der Waals surface area contributed by atoms with Crippen LogP contribution in [0.3, 0.4) is 0 Å². The predicted molar refractivity (Wildman–Crippen MR) is 112 cm³/mol. The Labute approximate surface area is 174 Å². The number of amides is 1. The molecule has 0 atom stereocenters. The van der Waals surface area contributed by atoms with Gasteiger partial charge in [-0.1, -0.05) is 0 Å². The number of carbonyl (C=O) groups excluding carboxylic acids is 2. The largest absolute Gasteiger partial charge is 0.462 e. The Hall–Kier alpha value is -2.23. The quantitative estimate of drug-likeness (QED) is 0.699.